The molecule has 7 heteroatoms. The minimum Gasteiger partial charge on any atom is -0.444 e. The van der Waals surface area contributed by atoms with Gasteiger partial charge in [-0.05, 0) is 73.3 Å². The highest BCUT2D eigenvalue weighted by atomic mass is 32.2. The summed E-state index contributed by atoms with van der Waals surface area (Å²) in [4.78, 5) is 17.3. The van der Waals surface area contributed by atoms with Gasteiger partial charge in [-0.1, -0.05) is 17.8 Å². The second-order valence-electron chi connectivity index (χ2n) is 7.08. The molecule has 142 valence electrons. The van der Waals surface area contributed by atoms with Crippen LogP contribution in [-0.2, 0) is 11.3 Å². The number of hydrogen-bond donors (Lipinski definition) is 1. The zero-order valence-corrected chi connectivity index (χ0v) is 18.2. The van der Waals surface area contributed by atoms with Crippen LogP contribution in [0.15, 0.2) is 50.3 Å². The monoisotopic (exact) mass is 418 g/mol. The highest BCUT2D eigenvalue weighted by molar-refractivity contribution is 8.01. The number of nitrogens with zero attached hydrogens (tertiary/aromatic N) is 1. The molecule has 0 spiro atoms. The molecule has 1 amide bonds. The van der Waals surface area contributed by atoms with E-state index in [1.165, 1.54) is 21.6 Å². The maximum atomic E-state index is 11.8. The molecule has 0 saturated carbocycles. The third-order valence-corrected chi connectivity index (χ3v) is 6.19. The van der Waals surface area contributed by atoms with E-state index in [1.807, 2.05) is 27.0 Å². The average molecular weight is 419 g/mol. The van der Waals surface area contributed by atoms with Crippen LogP contribution in [0.1, 0.15) is 31.3 Å². The first-order valence-corrected chi connectivity index (χ1v) is 11.1. The van der Waals surface area contributed by atoms with Crippen LogP contribution in [0.25, 0.3) is 11.1 Å². The fourth-order valence-electron chi connectivity index (χ4n) is 2.40. The number of benzene rings is 1. The summed E-state index contributed by atoms with van der Waals surface area (Å²) in [5.74, 6) is 0. The number of carbonyl (C=O) groups excluding carboxylic acids is 1. The van der Waals surface area contributed by atoms with Crippen LogP contribution >= 0.6 is 34.4 Å². The third kappa shape index (κ3) is 6.09. The standard InChI is InChI=1S/C20H22N2O2S3/c1-13-7-15(14-5-6-25-12-14)9-16(8-13)26-18-11-21-17(27-18)10-22-19(23)24-20(2,3)4/h5-9,11-12H,10H2,1-4H3,(H,22,23). The summed E-state index contributed by atoms with van der Waals surface area (Å²) in [6, 6.07) is 8.73. The predicted octanol–water partition coefficient (Wildman–Crippen LogP) is 6.36. The zero-order valence-electron chi connectivity index (χ0n) is 15.7. The van der Waals surface area contributed by atoms with E-state index in [1.54, 1.807) is 34.4 Å². The van der Waals surface area contributed by atoms with Crippen molar-refractivity contribution in [2.45, 2.75) is 48.9 Å². The first-order chi connectivity index (χ1) is 12.8. The van der Waals surface area contributed by atoms with E-state index in [4.69, 9.17) is 4.74 Å². The molecule has 2 aromatic heterocycles. The summed E-state index contributed by atoms with van der Waals surface area (Å²) in [7, 11) is 0. The molecule has 0 aliphatic carbocycles. The first kappa shape index (κ1) is 19.9. The Morgan fingerprint density at radius 3 is 2.78 bits per heavy atom. The second-order valence-corrected chi connectivity index (χ2v) is 10.3. The molecule has 0 aliphatic heterocycles. The van der Waals surface area contributed by atoms with Gasteiger partial charge in [-0.3, -0.25) is 0 Å². The van der Waals surface area contributed by atoms with Gasteiger partial charge < -0.3 is 10.1 Å². The lowest BCUT2D eigenvalue weighted by atomic mass is 10.1. The number of ether oxygens (including phenoxy) is 1. The molecule has 0 fully saturated rings. The number of rotatable bonds is 5. The van der Waals surface area contributed by atoms with Gasteiger partial charge in [0.1, 0.15) is 10.6 Å². The Hall–Kier alpha value is -1.83. The maximum absolute atomic E-state index is 11.8. The molecule has 0 unspecified atom stereocenters. The molecule has 4 nitrogen and oxygen atoms in total. The fourth-order valence-corrected chi connectivity index (χ4v) is 5.17. The lowest BCUT2D eigenvalue weighted by Gasteiger charge is -2.19. The van der Waals surface area contributed by atoms with Crippen LogP contribution in [-0.4, -0.2) is 16.7 Å². The van der Waals surface area contributed by atoms with Gasteiger partial charge in [-0.15, -0.1) is 11.3 Å². The quantitative estimate of drug-likeness (QED) is 0.524. The minimum absolute atomic E-state index is 0.369. The van der Waals surface area contributed by atoms with Crippen molar-refractivity contribution in [1.82, 2.24) is 10.3 Å². The zero-order chi connectivity index (χ0) is 19.4. The van der Waals surface area contributed by atoms with Crippen molar-refractivity contribution in [2.24, 2.45) is 0 Å². The lowest BCUT2D eigenvalue weighted by Crippen LogP contribution is -2.32. The lowest BCUT2D eigenvalue weighted by molar-refractivity contribution is 0.0523. The van der Waals surface area contributed by atoms with Gasteiger partial charge in [0.15, 0.2) is 0 Å². The van der Waals surface area contributed by atoms with Gasteiger partial charge >= 0.3 is 6.09 Å². The number of nitrogens with one attached hydrogen (secondary N) is 1. The summed E-state index contributed by atoms with van der Waals surface area (Å²) < 4.78 is 6.34. The number of aromatic nitrogens is 1. The number of hydrogen-bond acceptors (Lipinski definition) is 6. The van der Waals surface area contributed by atoms with E-state index in [-0.39, 0.29) is 0 Å². The largest absolute Gasteiger partial charge is 0.444 e. The van der Waals surface area contributed by atoms with Gasteiger partial charge in [0, 0.05) is 4.90 Å². The van der Waals surface area contributed by atoms with Crippen LogP contribution in [0.4, 0.5) is 4.79 Å². The van der Waals surface area contributed by atoms with Crippen molar-refractivity contribution in [3.8, 4) is 11.1 Å². The summed E-state index contributed by atoms with van der Waals surface area (Å²) in [6.45, 7) is 8.02. The van der Waals surface area contributed by atoms with Gasteiger partial charge in [-0.25, -0.2) is 9.78 Å². The molecular weight excluding hydrogens is 396 g/mol. The number of aryl methyl sites for hydroxylation is 1. The van der Waals surface area contributed by atoms with E-state index >= 15 is 0 Å². The van der Waals surface area contributed by atoms with Gasteiger partial charge in [0.05, 0.1) is 17.0 Å². The van der Waals surface area contributed by atoms with Crippen LogP contribution < -0.4 is 5.32 Å². The van der Waals surface area contributed by atoms with E-state index < -0.39 is 11.7 Å². The molecule has 0 atom stereocenters. The Bertz CT molecular complexity index is 912. The molecule has 0 radical (unpaired) electrons. The highest BCUT2D eigenvalue weighted by Crippen LogP contribution is 2.35. The molecule has 1 N–H and O–H groups in total. The third-order valence-electron chi connectivity index (χ3n) is 3.44. The Balaban J connectivity index is 1.63. The van der Waals surface area contributed by atoms with Crippen molar-refractivity contribution in [3.63, 3.8) is 0 Å². The second kappa shape index (κ2) is 8.46. The maximum Gasteiger partial charge on any atom is 0.408 e. The van der Waals surface area contributed by atoms with Crippen molar-refractivity contribution >= 4 is 40.5 Å². The highest BCUT2D eigenvalue weighted by Gasteiger charge is 2.16. The van der Waals surface area contributed by atoms with Crippen LogP contribution in [0, 0.1) is 6.92 Å². The molecule has 2 heterocycles. The molecule has 0 aliphatic rings. The van der Waals surface area contributed by atoms with Crippen LogP contribution in [0.5, 0.6) is 0 Å². The molecule has 0 bridgehead atoms. The van der Waals surface area contributed by atoms with Gasteiger partial charge in [-0.2, -0.15) is 11.3 Å². The Labute approximate surface area is 172 Å². The minimum atomic E-state index is -0.501. The van der Waals surface area contributed by atoms with E-state index in [9.17, 15) is 4.79 Å². The number of carbonyl (C=O) groups is 1. The Morgan fingerprint density at radius 2 is 2.07 bits per heavy atom. The Morgan fingerprint density at radius 1 is 1.26 bits per heavy atom. The van der Waals surface area contributed by atoms with Crippen molar-refractivity contribution in [3.05, 3.63) is 51.8 Å². The summed E-state index contributed by atoms with van der Waals surface area (Å²) in [5, 5.41) is 7.86. The normalized spacial score (nSPS) is 11.4. The van der Waals surface area contributed by atoms with Crippen molar-refractivity contribution < 1.29 is 9.53 Å². The summed E-state index contributed by atoms with van der Waals surface area (Å²) in [6.07, 6.45) is 1.43. The SMILES string of the molecule is Cc1cc(Sc2cnc(CNC(=O)OC(C)(C)C)s2)cc(-c2ccsc2)c1. The molecular formula is C20H22N2O2S3. The summed E-state index contributed by atoms with van der Waals surface area (Å²) >= 11 is 4.98. The topological polar surface area (TPSA) is 51.2 Å². The smallest absolute Gasteiger partial charge is 0.408 e. The summed E-state index contributed by atoms with van der Waals surface area (Å²) in [5.41, 5.74) is 3.21. The van der Waals surface area contributed by atoms with E-state index in [0.29, 0.717) is 6.54 Å². The van der Waals surface area contributed by atoms with Crippen LogP contribution in [0.3, 0.4) is 0 Å². The van der Waals surface area contributed by atoms with E-state index in [2.05, 4.69) is 52.3 Å². The molecule has 3 rings (SSSR count). The molecule has 27 heavy (non-hydrogen) atoms. The molecule has 1 aromatic carbocycles. The first-order valence-electron chi connectivity index (χ1n) is 8.52. The van der Waals surface area contributed by atoms with E-state index in [0.717, 1.165) is 9.22 Å². The number of thiazole rings is 1. The van der Waals surface area contributed by atoms with Gasteiger partial charge in [0.2, 0.25) is 0 Å². The Kier molecular flexibility index (Phi) is 6.24. The molecule has 3 aromatic rings. The van der Waals surface area contributed by atoms with Crippen molar-refractivity contribution in [1.29, 1.82) is 0 Å². The van der Waals surface area contributed by atoms with Crippen LogP contribution in [0.2, 0.25) is 0 Å². The van der Waals surface area contributed by atoms with Crippen molar-refractivity contribution in [2.75, 3.05) is 0 Å². The predicted molar refractivity (Wildman–Crippen MR) is 114 cm³/mol. The number of alkyl carbamates (subject to hydrolysis) is 1. The number of thiophene rings is 1. The average Bonchev–Trinajstić information content (AvgIpc) is 3.22. The van der Waals surface area contributed by atoms with Gasteiger partial charge in [0.25, 0.3) is 0 Å². The fraction of sp³-hybridized carbons (Fsp3) is 0.300. The number of amides is 1. The molecule has 0 saturated heterocycles.